The van der Waals surface area contributed by atoms with E-state index in [9.17, 15) is 8.42 Å². The Morgan fingerprint density at radius 2 is 2.16 bits per heavy atom. The monoisotopic (exact) mass is 284 g/mol. The van der Waals surface area contributed by atoms with Crippen LogP contribution in [0.1, 0.15) is 13.3 Å². The van der Waals surface area contributed by atoms with Gasteiger partial charge in [0.25, 0.3) is 0 Å². The Labute approximate surface area is 114 Å². The van der Waals surface area contributed by atoms with Gasteiger partial charge < -0.3 is 9.64 Å². The molecule has 1 N–H and O–H groups in total. The van der Waals surface area contributed by atoms with E-state index >= 15 is 0 Å². The molecule has 0 saturated heterocycles. The second-order valence-electron chi connectivity index (χ2n) is 4.73. The first-order valence-corrected chi connectivity index (χ1v) is 8.34. The van der Waals surface area contributed by atoms with Gasteiger partial charge in [-0.3, -0.25) is 0 Å². The molecule has 1 aromatic rings. The Morgan fingerprint density at radius 3 is 2.84 bits per heavy atom. The van der Waals surface area contributed by atoms with Crippen LogP contribution in [0.25, 0.3) is 0 Å². The summed E-state index contributed by atoms with van der Waals surface area (Å²) in [5.41, 5.74) is 1.03. The number of nitrogens with zero attached hydrogens (tertiary/aromatic N) is 1. The molecule has 5 nitrogen and oxygen atoms in total. The Hall–Kier alpha value is -1.27. The largest absolute Gasteiger partial charge is 0.486 e. The fourth-order valence-corrected chi connectivity index (χ4v) is 2.63. The predicted octanol–water partition coefficient (Wildman–Crippen LogP) is 1.21. The molecule has 0 fully saturated rings. The predicted molar refractivity (Wildman–Crippen MR) is 76.2 cm³/mol. The van der Waals surface area contributed by atoms with Gasteiger partial charge >= 0.3 is 0 Å². The summed E-state index contributed by atoms with van der Waals surface area (Å²) in [5, 5.41) is 0. The van der Waals surface area contributed by atoms with Crippen LogP contribution in [0.15, 0.2) is 24.3 Å². The summed E-state index contributed by atoms with van der Waals surface area (Å²) in [6, 6.07) is 7.87. The molecule has 0 saturated carbocycles. The number of hydrogen-bond donors (Lipinski definition) is 1. The van der Waals surface area contributed by atoms with Gasteiger partial charge in [-0.15, -0.1) is 0 Å². The van der Waals surface area contributed by atoms with Gasteiger partial charge in [0, 0.05) is 13.1 Å². The maximum atomic E-state index is 11.1. The number of hydrogen-bond acceptors (Lipinski definition) is 4. The maximum absolute atomic E-state index is 11.1. The molecular formula is C13H20N2O3S. The Morgan fingerprint density at radius 1 is 1.42 bits per heavy atom. The second kappa shape index (κ2) is 5.79. The lowest BCUT2D eigenvalue weighted by Gasteiger charge is -2.36. The van der Waals surface area contributed by atoms with Crippen molar-refractivity contribution in [3.8, 4) is 5.75 Å². The van der Waals surface area contributed by atoms with Crippen LogP contribution < -0.4 is 14.4 Å². The Balaban J connectivity index is 2.07. The zero-order valence-electron chi connectivity index (χ0n) is 11.3. The number of anilines is 1. The first-order chi connectivity index (χ1) is 8.99. The SMILES string of the molecule is CC[C@@H]1CN(CCNS(C)(=O)=O)c2ccccc2O1. The summed E-state index contributed by atoms with van der Waals surface area (Å²) in [6.45, 7) is 3.93. The summed E-state index contributed by atoms with van der Waals surface area (Å²) in [6.07, 6.45) is 2.27. The number of fused-ring (bicyclic) bond motifs is 1. The van der Waals surface area contributed by atoms with E-state index in [1.807, 2.05) is 24.3 Å². The number of ether oxygens (including phenoxy) is 1. The first-order valence-electron chi connectivity index (χ1n) is 6.45. The van der Waals surface area contributed by atoms with E-state index in [1.165, 1.54) is 6.26 Å². The number of benzene rings is 1. The molecule has 6 heteroatoms. The first kappa shape index (κ1) is 14.1. The van der Waals surface area contributed by atoms with Crippen molar-refractivity contribution in [2.24, 2.45) is 0 Å². The molecule has 0 aliphatic carbocycles. The topological polar surface area (TPSA) is 58.6 Å². The van der Waals surface area contributed by atoms with E-state index in [4.69, 9.17) is 4.74 Å². The lowest BCUT2D eigenvalue weighted by molar-refractivity contribution is 0.189. The van der Waals surface area contributed by atoms with Crippen LogP contribution in [0.2, 0.25) is 0 Å². The third-order valence-electron chi connectivity index (χ3n) is 3.12. The smallest absolute Gasteiger partial charge is 0.208 e. The van der Waals surface area contributed by atoms with Gasteiger partial charge in [0.15, 0.2) is 0 Å². The van der Waals surface area contributed by atoms with Gasteiger partial charge in [-0.2, -0.15) is 0 Å². The normalized spacial score (nSPS) is 18.8. The van der Waals surface area contributed by atoms with E-state index in [0.717, 1.165) is 24.4 Å². The van der Waals surface area contributed by atoms with Gasteiger partial charge in [0.05, 0.1) is 18.5 Å². The van der Waals surface area contributed by atoms with Crippen LogP contribution in [0.4, 0.5) is 5.69 Å². The lowest BCUT2D eigenvalue weighted by atomic mass is 10.1. The van der Waals surface area contributed by atoms with E-state index in [2.05, 4.69) is 16.5 Å². The van der Waals surface area contributed by atoms with Crippen molar-refractivity contribution >= 4 is 15.7 Å². The number of nitrogens with one attached hydrogen (secondary N) is 1. The molecule has 1 heterocycles. The van der Waals surface area contributed by atoms with Crippen LogP contribution in [-0.4, -0.2) is 40.4 Å². The zero-order valence-corrected chi connectivity index (χ0v) is 12.1. The van der Waals surface area contributed by atoms with Crippen LogP contribution in [0.5, 0.6) is 5.75 Å². The van der Waals surface area contributed by atoms with Crippen molar-refractivity contribution in [1.29, 1.82) is 0 Å². The van der Waals surface area contributed by atoms with Gasteiger partial charge in [-0.1, -0.05) is 19.1 Å². The lowest BCUT2D eigenvalue weighted by Crippen LogP contribution is -2.43. The summed E-state index contributed by atoms with van der Waals surface area (Å²) < 4.78 is 30.6. The van der Waals surface area contributed by atoms with Gasteiger partial charge in [0.1, 0.15) is 11.9 Å². The highest BCUT2D eigenvalue weighted by Crippen LogP contribution is 2.33. The molecule has 106 valence electrons. The fraction of sp³-hybridized carbons (Fsp3) is 0.538. The van der Waals surface area contributed by atoms with Crippen molar-refractivity contribution in [2.45, 2.75) is 19.4 Å². The van der Waals surface area contributed by atoms with Crippen LogP contribution in [0.3, 0.4) is 0 Å². The Kier molecular flexibility index (Phi) is 4.31. The third-order valence-corrected chi connectivity index (χ3v) is 3.85. The van der Waals surface area contributed by atoms with Gasteiger partial charge in [-0.25, -0.2) is 13.1 Å². The quantitative estimate of drug-likeness (QED) is 0.883. The number of rotatable bonds is 5. The van der Waals surface area contributed by atoms with Crippen molar-refractivity contribution < 1.29 is 13.2 Å². The molecule has 2 rings (SSSR count). The minimum atomic E-state index is -3.13. The molecule has 19 heavy (non-hydrogen) atoms. The maximum Gasteiger partial charge on any atom is 0.208 e. The number of para-hydroxylation sites is 2. The van der Waals surface area contributed by atoms with E-state index < -0.39 is 10.0 Å². The highest BCUT2D eigenvalue weighted by atomic mass is 32.2. The van der Waals surface area contributed by atoms with Gasteiger partial charge in [0.2, 0.25) is 10.0 Å². The van der Waals surface area contributed by atoms with Crippen LogP contribution >= 0.6 is 0 Å². The summed E-state index contributed by atoms with van der Waals surface area (Å²) >= 11 is 0. The van der Waals surface area contributed by atoms with Gasteiger partial charge in [-0.05, 0) is 18.6 Å². The molecule has 0 unspecified atom stereocenters. The molecule has 1 aliphatic rings. The van der Waals surface area contributed by atoms with E-state index in [1.54, 1.807) is 0 Å². The molecular weight excluding hydrogens is 264 g/mol. The minimum absolute atomic E-state index is 0.160. The standard InChI is InChI=1S/C13H20N2O3S/c1-3-11-10-15(9-8-14-19(2,16)17)12-6-4-5-7-13(12)18-11/h4-7,11,14H,3,8-10H2,1-2H3/t11-/m1/s1. The molecule has 0 bridgehead atoms. The Bertz CT molecular complexity index is 530. The second-order valence-corrected chi connectivity index (χ2v) is 6.56. The van der Waals surface area contributed by atoms with Crippen molar-refractivity contribution in [3.63, 3.8) is 0 Å². The van der Waals surface area contributed by atoms with E-state index in [0.29, 0.717) is 13.1 Å². The zero-order chi connectivity index (χ0) is 13.9. The molecule has 1 aliphatic heterocycles. The highest BCUT2D eigenvalue weighted by molar-refractivity contribution is 7.88. The molecule has 0 aromatic heterocycles. The molecule has 0 amide bonds. The van der Waals surface area contributed by atoms with E-state index in [-0.39, 0.29) is 6.10 Å². The fourth-order valence-electron chi connectivity index (χ4n) is 2.17. The van der Waals surface area contributed by atoms with Crippen molar-refractivity contribution in [1.82, 2.24) is 4.72 Å². The van der Waals surface area contributed by atoms with Crippen molar-refractivity contribution in [2.75, 3.05) is 30.8 Å². The summed E-state index contributed by atoms with van der Waals surface area (Å²) in [7, 11) is -3.13. The van der Waals surface area contributed by atoms with Crippen LogP contribution in [-0.2, 0) is 10.0 Å². The molecule has 1 atom stereocenters. The molecule has 0 radical (unpaired) electrons. The third kappa shape index (κ3) is 3.84. The summed E-state index contributed by atoms with van der Waals surface area (Å²) in [4.78, 5) is 2.17. The minimum Gasteiger partial charge on any atom is -0.486 e. The summed E-state index contributed by atoms with van der Waals surface area (Å²) in [5.74, 6) is 0.875. The average molecular weight is 284 g/mol. The number of sulfonamides is 1. The van der Waals surface area contributed by atoms with Crippen LogP contribution in [0, 0.1) is 0 Å². The van der Waals surface area contributed by atoms with Crippen molar-refractivity contribution in [3.05, 3.63) is 24.3 Å². The molecule has 0 spiro atoms. The highest BCUT2D eigenvalue weighted by Gasteiger charge is 2.23. The average Bonchev–Trinajstić information content (AvgIpc) is 2.37. The molecule has 1 aromatic carbocycles.